The fraction of sp³-hybridized carbons (Fsp3) is 0.533. The van der Waals surface area contributed by atoms with Crippen LogP contribution in [-0.4, -0.2) is 47.7 Å². The fourth-order valence-corrected chi connectivity index (χ4v) is 2.09. The number of anilines is 1. The Hall–Kier alpha value is -1.75. The molecule has 0 aliphatic rings. The van der Waals surface area contributed by atoms with Gasteiger partial charge >= 0.3 is 0 Å². The van der Waals surface area contributed by atoms with Crippen LogP contribution in [0.1, 0.15) is 32.4 Å². The van der Waals surface area contributed by atoms with Crippen molar-refractivity contribution in [3.8, 4) is 5.75 Å². The van der Waals surface area contributed by atoms with Gasteiger partial charge in [0.2, 0.25) is 5.91 Å². The van der Waals surface area contributed by atoms with Crippen molar-refractivity contribution < 1.29 is 15.0 Å². The number of nitrogens with zero attached hydrogens (tertiary/aromatic N) is 2. The topological polar surface area (TPSA) is 64.0 Å². The molecule has 20 heavy (non-hydrogen) atoms. The Bertz CT molecular complexity index is 456. The predicted molar refractivity (Wildman–Crippen MR) is 79.9 cm³/mol. The van der Waals surface area contributed by atoms with E-state index in [2.05, 4.69) is 0 Å². The summed E-state index contributed by atoms with van der Waals surface area (Å²) in [6, 6.07) is 5.03. The summed E-state index contributed by atoms with van der Waals surface area (Å²) >= 11 is 0. The van der Waals surface area contributed by atoms with Crippen molar-refractivity contribution in [1.82, 2.24) is 4.90 Å². The van der Waals surface area contributed by atoms with E-state index in [0.717, 1.165) is 5.69 Å². The minimum Gasteiger partial charge on any atom is -0.507 e. The maximum atomic E-state index is 12.0. The molecule has 5 nitrogen and oxygen atoms in total. The SMILES string of the molecule is CCN(CC)C(=O)CN(C)c1ccc(C(C)O)c(O)c1. The predicted octanol–water partition coefficient (Wildman–Crippen LogP) is 1.75. The van der Waals surface area contributed by atoms with E-state index in [1.54, 1.807) is 42.0 Å². The van der Waals surface area contributed by atoms with Crippen molar-refractivity contribution in [3.63, 3.8) is 0 Å². The first kappa shape index (κ1) is 16.3. The average Bonchev–Trinajstić information content (AvgIpc) is 2.39. The normalized spacial score (nSPS) is 12.1. The Labute approximate surface area is 120 Å². The van der Waals surface area contributed by atoms with E-state index in [9.17, 15) is 15.0 Å². The number of hydrogen-bond donors (Lipinski definition) is 2. The molecule has 0 bridgehead atoms. The number of hydrogen-bond acceptors (Lipinski definition) is 4. The first-order valence-corrected chi connectivity index (χ1v) is 6.90. The molecular formula is C15H24N2O3. The van der Waals surface area contributed by atoms with Crippen molar-refractivity contribution in [2.45, 2.75) is 26.9 Å². The number of likely N-dealkylation sites (N-methyl/N-ethyl adjacent to an activating group) is 2. The smallest absolute Gasteiger partial charge is 0.242 e. The van der Waals surface area contributed by atoms with Crippen molar-refractivity contribution >= 4 is 11.6 Å². The highest BCUT2D eigenvalue weighted by Crippen LogP contribution is 2.28. The van der Waals surface area contributed by atoms with E-state index in [-0.39, 0.29) is 18.2 Å². The molecule has 112 valence electrons. The van der Waals surface area contributed by atoms with Gasteiger partial charge in [0.1, 0.15) is 5.75 Å². The molecule has 0 aliphatic heterocycles. The van der Waals surface area contributed by atoms with Crippen LogP contribution in [0.25, 0.3) is 0 Å². The van der Waals surface area contributed by atoms with E-state index < -0.39 is 6.10 Å². The average molecular weight is 280 g/mol. The third-order valence-electron chi connectivity index (χ3n) is 3.39. The Morgan fingerprint density at radius 2 is 1.90 bits per heavy atom. The lowest BCUT2D eigenvalue weighted by Crippen LogP contribution is -2.38. The van der Waals surface area contributed by atoms with Crippen LogP contribution in [-0.2, 0) is 4.79 Å². The number of aliphatic hydroxyl groups is 1. The molecule has 1 amide bonds. The molecule has 1 atom stereocenters. The standard InChI is InChI=1S/C15H24N2O3/c1-5-17(6-2)15(20)10-16(4)12-7-8-13(11(3)18)14(19)9-12/h7-9,11,18-19H,5-6,10H2,1-4H3. The minimum atomic E-state index is -0.716. The molecule has 0 fully saturated rings. The second-order valence-electron chi connectivity index (χ2n) is 4.84. The van der Waals surface area contributed by atoms with Crippen LogP contribution >= 0.6 is 0 Å². The minimum absolute atomic E-state index is 0.0413. The van der Waals surface area contributed by atoms with Crippen molar-refractivity contribution in [1.29, 1.82) is 0 Å². The van der Waals surface area contributed by atoms with E-state index in [4.69, 9.17) is 0 Å². The van der Waals surface area contributed by atoms with Gasteiger partial charge in [-0.3, -0.25) is 4.79 Å². The van der Waals surface area contributed by atoms with Crippen LogP contribution < -0.4 is 4.90 Å². The number of aliphatic hydroxyl groups excluding tert-OH is 1. The Morgan fingerprint density at radius 3 is 2.35 bits per heavy atom. The Balaban J connectivity index is 2.80. The lowest BCUT2D eigenvalue weighted by atomic mass is 10.1. The number of carbonyl (C=O) groups is 1. The van der Waals surface area contributed by atoms with Gasteiger partial charge in [-0.2, -0.15) is 0 Å². The zero-order valence-corrected chi connectivity index (χ0v) is 12.6. The van der Waals surface area contributed by atoms with Crippen LogP contribution in [0.4, 0.5) is 5.69 Å². The molecule has 5 heteroatoms. The second-order valence-corrected chi connectivity index (χ2v) is 4.84. The van der Waals surface area contributed by atoms with E-state index in [0.29, 0.717) is 18.7 Å². The summed E-state index contributed by atoms with van der Waals surface area (Å²) in [5, 5.41) is 19.3. The van der Waals surface area contributed by atoms with Crippen molar-refractivity contribution in [2.75, 3.05) is 31.6 Å². The van der Waals surface area contributed by atoms with Crippen LogP contribution in [0, 0.1) is 0 Å². The highest BCUT2D eigenvalue weighted by Gasteiger charge is 2.14. The van der Waals surface area contributed by atoms with Gasteiger partial charge < -0.3 is 20.0 Å². The fourth-order valence-electron chi connectivity index (χ4n) is 2.09. The third-order valence-corrected chi connectivity index (χ3v) is 3.39. The third kappa shape index (κ3) is 3.87. The number of phenolic OH excluding ortho intramolecular Hbond substituents is 1. The van der Waals surface area contributed by atoms with Crippen molar-refractivity contribution in [2.24, 2.45) is 0 Å². The van der Waals surface area contributed by atoms with E-state index >= 15 is 0 Å². The number of phenols is 1. The monoisotopic (exact) mass is 280 g/mol. The molecule has 1 aromatic carbocycles. The van der Waals surface area contributed by atoms with Gasteiger partial charge in [-0.25, -0.2) is 0 Å². The lowest BCUT2D eigenvalue weighted by molar-refractivity contribution is -0.129. The Kier molecular flexibility index (Phi) is 5.82. The first-order valence-electron chi connectivity index (χ1n) is 6.90. The quantitative estimate of drug-likeness (QED) is 0.833. The number of benzene rings is 1. The summed E-state index contributed by atoms with van der Waals surface area (Å²) in [6.45, 7) is 7.14. The molecule has 1 aromatic rings. The first-order chi connectivity index (χ1) is 9.40. The molecule has 0 saturated heterocycles. The molecule has 0 aliphatic carbocycles. The number of aromatic hydroxyl groups is 1. The number of rotatable bonds is 6. The van der Waals surface area contributed by atoms with Gasteiger partial charge in [-0.1, -0.05) is 6.07 Å². The van der Waals surface area contributed by atoms with Gasteiger partial charge in [0.05, 0.1) is 12.6 Å². The highest BCUT2D eigenvalue weighted by atomic mass is 16.3. The summed E-state index contributed by atoms with van der Waals surface area (Å²) in [5.41, 5.74) is 1.23. The number of amides is 1. The van der Waals surface area contributed by atoms with Gasteiger partial charge in [0, 0.05) is 37.5 Å². The van der Waals surface area contributed by atoms with Crippen LogP contribution in [0.3, 0.4) is 0 Å². The summed E-state index contributed by atoms with van der Waals surface area (Å²) in [7, 11) is 1.80. The molecule has 2 N–H and O–H groups in total. The zero-order valence-electron chi connectivity index (χ0n) is 12.6. The van der Waals surface area contributed by atoms with Crippen LogP contribution in [0.5, 0.6) is 5.75 Å². The molecule has 0 aromatic heterocycles. The maximum absolute atomic E-state index is 12.0. The molecule has 0 saturated carbocycles. The van der Waals surface area contributed by atoms with Gasteiger partial charge in [-0.15, -0.1) is 0 Å². The van der Waals surface area contributed by atoms with E-state index in [1.165, 1.54) is 0 Å². The van der Waals surface area contributed by atoms with Crippen LogP contribution in [0.15, 0.2) is 18.2 Å². The molecular weight excluding hydrogens is 256 g/mol. The molecule has 0 spiro atoms. The van der Waals surface area contributed by atoms with E-state index in [1.807, 2.05) is 13.8 Å². The lowest BCUT2D eigenvalue weighted by Gasteiger charge is -2.25. The van der Waals surface area contributed by atoms with Crippen LogP contribution in [0.2, 0.25) is 0 Å². The highest BCUT2D eigenvalue weighted by molar-refractivity contribution is 5.81. The maximum Gasteiger partial charge on any atom is 0.242 e. The summed E-state index contributed by atoms with van der Waals surface area (Å²) < 4.78 is 0. The Morgan fingerprint density at radius 1 is 1.30 bits per heavy atom. The van der Waals surface area contributed by atoms with Gasteiger partial charge in [-0.05, 0) is 26.8 Å². The molecule has 0 radical (unpaired) electrons. The zero-order chi connectivity index (χ0) is 15.3. The molecule has 0 heterocycles. The largest absolute Gasteiger partial charge is 0.507 e. The van der Waals surface area contributed by atoms with Gasteiger partial charge in [0.25, 0.3) is 0 Å². The molecule has 1 rings (SSSR count). The summed E-state index contributed by atoms with van der Waals surface area (Å²) in [4.78, 5) is 15.6. The number of carbonyl (C=O) groups excluding carboxylic acids is 1. The summed E-state index contributed by atoms with van der Waals surface area (Å²) in [6.07, 6.45) is -0.716. The van der Waals surface area contributed by atoms with Crippen molar-refractivity contribution in [3.05, 3.63) is 23.8 Å². The summed E-state index contributed by atoms with van der Waals surface area (Å²) in [5.74, 6) is 0.0937. The van der Waals surface area contributed by atoms with Gasteiger partial charge in [0.15, 0.2) is 0 Å². The molecule has 1 unspecified atom stereocenters. The second kappa shape index (κ2) is 7.14.